The molecule has 0 spiro atoms. The van der Waals surface area contributed by atoms with Gasteiger partial charge in [-0.05, 0) is 19.2 Å². The molecule has 138 valence electrons. The first-order valence-corrected chi connectivity index (χ1v) is 7.88. The Balaban J connectivity index is 0.00000264. The van der Waals surface area contributed by atoms with Crippen LogP contribution in [0, 0.1) is 0 Å². The molecule has 1 fully saturated rings. The summed E-state index contributed by atoms with van der Waals surface area (Å²) >= 11 is 12.1. The highest BCUT2D eigenvalue weighted by Gasteiger charge is 2.21. The minimum atomic E-state index is -0.515. The summed E-state index contributed by atoms with van der Waals surface area (Å²) in [5.74, 6) is -0.266. The highest BCUT2D eigenvalue weighted by molar-refractivity contribution is 6.37. The maximum absolute atomic E-state index is 12.2. The van der Waals surface area contributed by atoms with Gasteiger partial charge in [0.15, 0.2) is 5.75 Å². The fourth-order valence-corrected chi connectivity index (χ4v) is 2.79. The Morgan fingerprint density at radius 1 is 1.12 bits per heavy atom. The zero-order chi connectivity index (χ0) is 16.1. The van der Waals surface area contributed by atoms with Crippen LogP contribution >= 0.6 is 48.0 Å². The van der Waals surface area contributed by atoms with E-state index < -0.39 is 5.97 Å². The first-order chi connectivity index (χ1) is 10.5. The van der Waals surface area contributed by atoms with E-state index >= 15 is 0 Å². The third-order valence-electron chi connectivity index (χ3n) is 3.70. The highest BCUT2D eigenvalue weighted by Crippen LogP contribution is 2.34. The molecule has 0 amide bonds. The number of nitrogens with zero attached hydrogens (tertiary/aromatic N) is 2. The molecule has 2 rings (SSSR count). The Kier molecular flexibility index (Phi) is 11.0. The summed E-state index contributed by atoms with van der Waals surface area (Å²) in [6.07, 6.45) is 0. The minimum Gasteiger partial charge on any atom is -0.494 e. The predicted molar refractivity (Wildman–Crippen MR) is 102 cm³/mol. The average molecular weight is 420 g/mol. The molecule has 0 aliphatic carbocycles. The number of halogens is 4. The number of carbonyl (C=O) groups is 1. The van der Waals surface area contributed by atoms with E-state index in [4.69, 9.17) is 32.7 Å². The second kappa shape index (κ2) is 11.2. The van der Waals surface area contributed by atoms with Crippen LogP contribution in [0.15, 0.2) is 12.1 Å². The van der Waals surface area contributed by atoms with Crippen LogP contribution in [-0.4, -0.2) is 69.3 Å². The zero-order valence-electron chi connectivity index (χ0n) is 13.6. The van der Waals surface area contributed by atoms with Crippen LogP contribution in [0.3, 0.4) is 0 Å². The van der Waals surface area contributed by atoms with Gasteiger partial charge in [-0.1, -0.05) is 23.2 Å². The average Bonchev–Trinajstić information content (AvgIpc) is 2.51. The SMILES string of the molecule is COc1c(Cl)ccc(Cl)c1C(=O)OCCN1CCN(C)CC1.Cl.Cl. The molecule has 0 N–H and O–H groups in total. The number of esters is 1. The first-order valence-electron chi connectivity index (χ1n) is 7.13. The van der Waals surface area contributed by atoms with Crippen molar-refractivity contribution < 1.29 is 14.3 Å². The van der Waals surface area contributed by atoms with E-state index in [0.717, 1.165) is 26.2 Å². The standard InChI is InChI=1S/C15H20Cl2N2O3.2ClH/c1-18-5-7-19(8-6-18)9-10-22-15(20)13-11(16)3-4-12(17)14(13)21-2;;/h3-4H,5-10H2,1-2H3;2*1H. The number of carbonyl (C=O) groups excluding carboxylic acids is 1. The molecule has 1 heterocycles. The number of rotatable bonds is 5. The lowest BCUT2D eigenvalue weighted by atomic mass is 10.2. The van der Waals surface area contributed by atoms with E-state index in [-0.39, 0.29) is 41.1 Å². The maximum atomic E-state index is 12.2. The van der Waals surface area contributed by atoms with Crippen LogP contribution in [0.2, 0.25) is 10.0 Å². The van der Waals surface area contributed by atoms with Crippen molar-refractivity contribution in [3.05, 3.63) is 27.7 Å². The molecule has 24 heavy (non-hydrogen) atoms. The van der Waals surface area contributed by atoms with Crippen molar-refractivity contribution in [2.45, 2.75) is 0 Å². The van der Waals surface area contributed by atoms with Gasteiger partial charge in [-0.25, -0.2) is 4.79 Å². The van der Waals surface area contributed by atoms with Gasteiger partial charge in [0.05, 0.1) is 17.2 Å². The molecule has 0 atom stereocenters. The Bertz CT molecular complexity index is 538. The van der Waals surface area contributed by atoms with Gasteiger partial charge in [0, 0.05) is 32.7 Å². The molecule has 1 aromatic carbocycles. The molecule has 0 unspecified atom stereocenters. The van der Waals surface area contributed by atoms with Crippen molar-refractivity contribution in [3.63, 3.8) is 0 Å². The van der Waals surface area contributed by atoms with E-state index in [2.05, 4.69) is 16.8 Å². The monoisotopic (exact) mass is 418 g/mol. The Morgan fingerprint density at radius 3 is 2.29 bits per heavy atom. The molecule has 0 bridgehead atoms. The normalized spacial score (nSPS) is 15.2. The molecule has 0 aromatic heterocycles. The molecule has 1 aliphatic heterocycles. The summed E-state index contributed by atoms with van der Waals surface area (Å²) < 4.78 is 10.5. The lowest BCUT2D eigenvalue weighted by molar-refractivity contribution is 0.0429. The molecule has 0 radical (unpaired) electrons. The topological polar surface area (TPSA) is 42.0 Å². The molecule has 1 aromatic rings. The van der Waals surface area contributed by atoms with Crippen LogP contribution in [0.25, 0.3) is 0 Å². The second-order valence-electron chi connectivity index (χ2n) is 5.22. The van der Waals surface area contributed by atoms with Gasteiger partial charge in [-0.15, -0.1) is 24.8 Å². The fourth-order valence-electron chi connectivity index (χ4n) is 2.33. The van der Waals surface area contributed by atoms with Crippen LogP contribution in [0.4, 0.5) is 0 Å². The van der Waals surface area contributed by atoms with Crippen molar-refractivity contribution >= 4 is 54.0 Å². The molecule has 9 heteroatoms. The van der Waals surface area contributed by atoms with Gasteiger partial charge in [0.25, 0.3) is 0 Å². The molecule has 1 aliphatic rings. The Morgan fingerprint density at radius 2 is 1.71 bits per heavy atom. The number of likely N-dealkylation sites (N-methyl/N-ethyl adjacent to an activating group) is 1. The summed E-state index contributed by atoms with van der Waals surface area (Å²) in [5.41, 5.74) is 0.176. The summed E-state index contributed by atoms with van der Waals surface area (Å²) in [4.78, 5) is 16.8. The number of methoxy groups -OCH3 is 1. The van der Waals surface area contributed by atoms with Gasteiger partial charge in [-0.2, -0.15) is 0 Å². The Hall–Kier alpha value is -0.430. The summed E-state index contributed by atoms with van der Waals surface area (Å²) in [6.45, 7) is 5.04. The second-order valence-corrected chi connectivity index (χ2v) is 6.03. The van der Waals surface area contributed by atoms with E-state index in [0.29, 0.717) is 18.2 Å². The Labute approximate surface area is 165 Å². The van der Waals surface area contributed by atoms with Crippen molar-refractivity contribution in [2.75, 3.05) is 53.5 Å². The summed E-state index contributed by atoms with van der Waals surface area (Å²) in [5, 5.41) is 0.601. The smallest absolute Gasteiger partial charge is 0.343 e. The molecule has 1 saturated heterocycles. The van der Waals surface area contributed by atoms with Crippen molar-refractivity contribution in [1.82, 2.24) is 9.80 Å². The van der Waals surface area contributed by atoms with E-state index in [9.17, 15) is 4.79 Å². The third kappa shape index (κ3) is 6.14. The van der Waals surface area contributed by atoms with Gasteiger partial charge in [0.1, 0.15) is 12.2 Å². The fraction of sp³-hybridized carbons (Fsp3) is 0.533. The lowest BCUT2D eigenvalue weighted by Gasteiger charge is -2.32. The third-order valence-corrected chi connectivity index (χ3v) is 4.32. The number of piperazine rings is 1. The summed E-state index contributed by atoms with van der Waals surface area (Å²) in [7, 11) is 3.54. The van der Waals surface area contributed by atoms with E-state index in [1.165, 1.54) is 7.11 Å². The molecular weight excluding hydrogens is 398 g/mol. The van der Waals surface area contributed by atoms with Gasteiger partial charge in [0.2, 0.25) is 0 Å². The van der Waals surface area contributed by atoms with Crippen LogP contribution in [0.5, 0.6) is 5.75 Å². The maximum Gasteiger partial charge on any atom is 0.343 e. The zero-order valence-corrected chi connectivity index (χ0v) is 16.7. The largest absolute Gasteiger partial charge is 0.494 e. The van der Waals surface area contributed by atoms with E-state index in [1.54, 1.807) is 12.1 Å². The predicted octanol–water partition coefficient (Wildman–Crippen LogP) is 3.25. The van der Waals surface area contributed by atoms with Gasteiger partial charge < -0.3 is 14.4 Å². The van der Waals surface area contributed by atoms with Gasteiger partial charge >= 0.3 is 5.97 Å². The number of benzene rings is 1. The minimum absolute atomic E-state index is 0. The number of hydrogen-bond acceptors (Lipinski definition) is 5. The number of hydrogen-bond donors (Lipinski definition) is 0. The lowest BCUT2D eigenvalue weighted by Crippen LogP contribution is -2.45. The van der Waals surface area contributed by atoms with Crippen molar-refractivity contribution in [2.24, 2.45) is 0 Å². The molecular formula is C15H22Cl4N2O3. The van der Waals surface area contributed by atoms with Gasteiger partial charge in [-0.3, -0.25) is 4.90 Å². The number of ether oxygens (including phenoxy) is 2. The summed E-state index contributed by atoms with van der Waals surface area (Å²) in [6, 6.07) is 3.15. The van der Waals surface area contributed by atoms with Crippen molar-refractivity contribution in [1.29, 1.82) is 0 Å². The van der Waals surface area contributed by atoms with E-state index in [1.807, 2.05) is 0 Å². The first kappa shape index (κ1) is 23.6. The van der Waals surface area contributed by atoms with Crippen molar-refractivity contribution in [3.8, 4) is 5.75 Å². The van der Waals surface area contributed by atoms with Crippen LogP contribution in [0.1, 0.15) is 10.4 Å². The quantitative estimate of drug-likeness (QED) is 0.685. The van der Waals surface area contributed by atoms with Crippen LogP contribution in [-0.2, 0) is 4.74 Å². The molecule has 5 nitrogen and oxygen atoms in total. The van der Waals surface area contributed by atoms with Crippen LogP contribution < -0.4 is 4.74 Å². The molecule has 0 saturated carbocycles. The highest BCUT2D eigenvalue weighted by atomic mass is 35.5.